The second-order valence-electron chi connectivity index (χ2n) is 4.29. The molecular weight excluding hydrogens is 226 g/mol. The number of rotatable bonds is 5. The van der Waals surface area contributed by atoms with Gasteiger partial charge in [0, 0.05) is 29.6 Å². The van der Waals surface area contributed by atoms with Gasteiger partial charge in [0.15, 0.2) is 0 Å². The van der Waals surface area contributed by atoms with Gasteiger partial charge < -0.3 is 15.5 Å². The molecule has 0 saturated carbocycles. The monoisotopic (exact) mass is 245 g/mol. The van der Waals surface area contributed by atoms with E-state index in [0.717, 1.165) is 35.5 Å². The average Bonchev–Trinajstić information content (AvgIpc) is 2.92. The zero-order valence-corrected chi connectivity index (χ0v) is 10.8. The highest BCUT2D eigenvalue weighted by atomic mass is 16.5. The topological polar surface area (TPSA) is 63.9 Å². The predicted molar refractivity (Wildman–Crippen MR) is 72.4 cm³/mol. The third-order valence-corrected chi connectivity index (χ3v) is 3.00. The Bertz CT molecular complexity index is 494. The first kappa shape index (κ1) is 12.6. The predicted octanol–water partition coefficient (Wildman–Crippen LogP) is 2.89. The van der Waals surface area contributed by atoms with Crippen LogP contribution in [0.25, 0.3) is 11.4 Å². The van der Waals surface area contributed by atoms with Gasteiger partial charge in [0.1, 0.15) is 11.6 Å². The number of H-pyrrole nitrogens is 1. The summed E-state index contributed by atoms with van der Waals surface area (Å²) in [4.78, 5) is 7.35. The van der Waals surface area contributed by atoms with Gasteiger partial charge in [0.25, 0.3) is 0 Å². The largest absolute Gasteiger partial charge is 0.496 e. The molecule has 1 aromatic heterocycles. The van der Waals surface area contributed by atoms with Crippen LogP contribution in [-0.2, 0) is 0 Å². The van der Waals surface area contributed by atoms with E-state index in [2.05, 4.69) is 23.0 Å². The molecule has 18 heavy (non-hydrogen) atoms. The summed E-state index contributed by atoms with van der Waals surface area (Å²) < 4.78 is 5.37. The van der Waals surface area contributed by atoms with Crippen molar-refractivity contribution in [3.63, 3.8) is 0 Å². The molecule has 0 radical (unpaired) electrons. The molecule has 0 fully saturated rings. The number of aromatic amines is 1. The standard InChI is InChI=1S/C14H19N3O/c1-3-4-12(15)11-9-10(5-6-13(11)18-2)14-16-7-8-17-14/h5-9,12H,3-4,15H2,1-2H3,(H,16,17). The van der Waals surface area contributed by atoms with Crippen LogP contribution in [0.4, 0.5) is 0 Å². The molecule has 1 atom stereocenters. The summed E-state index contributed by atoms with van der Waals surface area (Å²) in [6, 6.07) is 5.99. The zero-order valence-electron chi connectivity index (χ0n) is 10.8. The number of methoxy groups -OCH3 is 1. The number of benzene rings is 1. The molecule has 96 valence electrons. The van der Waals surface area contributed by atoms with Gasteiger partial charge >= 0.3 is 0 Å². The van der Waals surface area contributed by atoms with Gasteiger partial charge in [-0.05, 0) is 24.6 Å². The van der Waals surface area contributed by atoms with Gasteiger partial charge in [-0.2, -0.15) is 0 Å². The van der Waals surface area contributed by atoms with E-state index in [0.29, 0.717) is 0 Å². The maximum atomic E-state index is 6.19. The molecule has 0 bridgehead atoms. The van der Waals surface area contributed by atoms with Crippen molar-refractivity contribution in [1.82, 2.24) is 9.97 Å². The lowest BCUT2D eigenvalue weighted by atomic mass is 9.99. The summed E-state index contributed by atoms with van der Waals surface area (Å²) in [5.41, 5.74) is 8.26. The summed E-state index contributed by atoms with van der Waals surface area (Å²) in [7, 11) is 1.67. The van der Waals surface area contributed by atoms with E-state index in [1.54, 1.807) is 13.3 Å². The maximum Gasteiger partial charge on any atom is 0.137 e. The summed E-state index contributed by atoms with van der Waals surface area (Å²) in [6.07, 6.45) is 5.55. The zero-order chi connectivity index (χ0) is 13.0. The number of hydrogen-bond acceptors (Lipinski definition) is 3. The van der Waals surface area contributed by atoms with E-state index in [1.807, 2.05) is 18.3 Å². The van der Waals surface area contributed by atoms with Crippen molar-refractivity contribution >= 4 is 0 Å². The Morgan fingerprint density at radius 1 is 1.44 bits per heavy atom. The molecule has 0 aliphatic heterocycles. The number of nitrogens with two attached hydrogens (primary N) is 1. The Morgan fingerprint density at radius 2 is 2.28 bits per heavy atom. The number of imidazole rings is 1. The second-order valence-corrected chi connectivity index (χ2v) is 4.29. The fourth-order valence-electron chi connectivity index (χ4n) is 2.06. The Hall–Kier alpha value is -1.81. The van der Waals surface area contributed by atoms with Gasteiger partial charge in [0.05, 0.1) is 7.11 Å². The minimum atomic E-state index is -0.000128. The first-order chi connectivity index (χ1) is 8.76. The van der Waals surface area contributed by atoms with E-state index in [9.17, 15) is 0 Å². The number of aromatic nitrogens is 2. The van der Waals surface area contributed by atoms with Gasteiger partial charge in [-0.1, -0.05) is 13.3 Å². The molecule has 4 nitrogen and oxygen atoms in total. The van der Waals surface area contributed by atoms with Crippen molar-refractivity contribution in [3.05, 3.63) is 36.2 Å². The van der Waals surface area contributed by atoms with E-state index < -0.39 is 0 Å². The van der Waals surface area contributed by atoms with Gasteiger partial charge in [-0.15, -0.1) is 0 Å². The van der Waals surface area contributed by atoms with Crippen LogP contribution in [0, 0.1) is 0 Å². The van der Waals surface area contributed by atoms with Gasteiger partial charge in [0.2, 0.25) is 0 Å². The van der Waals surface area contributed by atoms with Crippen LogP contribution in [0.5, 0.6) is 5.75 Å². The third kappa shape index (κ3) is 2.54. The van der Waals surface area contributed by atoms with Crippen molar-refractivity contribution in [2.45, 2.75) is 25.8 Å². The van der Waals surface area contributed by atoms with Crippen LogP contribution in [0.3, 0.4) is 0 Å². The summed E-state index contributed by atoms with van der Waals surface area (Å²) in [6.45, 7) is 2.13. The van der Waals surface area contributed by atoms with Crippen LogP contribution < -0.4 is 10.5 Å². The Balaban J connectivity index is 2.39. The lowest BCUT2D eigenvalue weighted by molar-refractivity contribution is 0.404. The van der Waals surface area contributed by atoms with Crippen LogP contribution in [0.1, 0.15) is 31.4 Å². The molecule has 3 N–H and O–H groups in total. The van der Waals surface area contributed by atoms with Crippen molar-refractivity contribution in [3.8, 4) is 17.1 Å². The minimum absolute atomic E-state index is 0.000128. The molecule has 2 aromatic rings. The van der Waals surface area contributed by atoms with Crippen molar-refractivity contribution in [1.29, 1.82) is 0 Å². The number of nitrogens with zero attached hydrogens (tertiary/aromatic N) is 1. The van der Waals surface area contributed by atoms with E-state index in [4.69, 9.17) is 10.5 Å². The molecule has 0 spiro atoms. The maximum absolute atomic E-state index is 6.19. The van der Waals surface area contributed by atoms with Gasteiger partial charge in [-0.3, -0.25) is 0 Å². The summed E-state index contributed by atoms with van der Waals surface area (Å²) in [5.74, 6) is 1.69. The number of ether oxygens (including phenoxy) is 1. The average molecular weight is 245 g/mol. The van der Waals surface area contributed by atoms with Crippen molar-refractivity contribution in [2.75, 3.05) is 7.11 Å². The van der Waals surface area contributed by atoms with E-state index >= 15 is 0 Å². The number of nitrogens with one attached hydrogen (secondary N) is 1. The highest BCUT2D eigenvalue weighted by Gasteiger charge is 2.13. The molecule has 0 saturated heterocycles. The molecule has 1 unspecified atom stereocenters. The summed E-state index contributed by atoms with van der Waals surface area (Å²) >= 11 is 0. The molecule has 0 amide bonds. The second kappa shape index (κ2) is 5.69. The van der Waals surface area contributed by atoms with Crippen LogP contribution in [0.15, 0.2) is 30.6 Å². The minimum Gasteiger partial charge on any atom is -0.496 e. The Morgan fingerprint density at radius 3 is 2.89 bits per heavy atom. The molecule has 4 heteroatoms. The molecule has 2 rings (SSSR count). The number of hydrogen-bond donors (Lipinski definition) is 2. The lowest BCUT2D eigenvalue weighted by Gasteiger charge is -2.16. The Kier molecular flexibility index (Phi) is 3.99. The van der Waals surface area contributed by atoms with E-state index in [1.165, 1.54) is 0 Å². The lowest BCUT2D eigenvalue weighted by Crippen LogP contribution is -2.11. The molecule has 0 aliphatic carbocycles. The van der Waals surface area contributed by atoms with Crippen LogP contribution >= 0.6 is 0 Å². The smallest absolute Gasteiger partial charge is 0.137 e. The first-order valence-corrected chi connectivity index (χ1v) is 6.19. The molecule has 1 heterocycles. The molecule has 1 aromatic carbocycles. The Labute approximate surface area is 107 Å². The van der Waals surface area contributed by atoms with E-state index in [-0.39, 0.29) is 6.04 Å². The van der Waals surface area contributed by atoms with Crippen molar-refractivity contribution in [2.24, 2.45) is 5.73 Å². The highest BCUT2D eigenvalue weighted by molar-refractivity contribution is 5.59. The molecular formula is C14H19N3O. The van der Waals surface area contributed by atoms with Crippen LogP contribution in [-0.4, -0.2) is 17.1 Å². The van der Waals surface area contributed by atoms with Crippen LogP contribution in [0.2, 0.25) is 0 Å². The van der Waals surface area contributed by atoms with Crippen molar-refractivity contribution < 1.29 is 4.74 Å². The SMILES string of the molecule is CCCC(N)c1cc(-c2ncc[nH]2)ccc1OC. The van der Waals surface area contributed by atoms with Gasteiger partial charge in [-0.25, -0.2) is 4.98 Å². The quantitative estimate of drug-likeness (QED) is 0.851. The first-order valence-electron chi connectivity index (χ1n) is 6.19. The third-order valence-electron chi connectivity index (χ3n) is 3.00. The fraction of sp³-hybridized carbons (Fsp3) is 0.357. The summed E-state index contributed by atoms with van der Waals surface area (Å²) in [5, 5.41) is 0. The fourth-order valence-corrected chi connectivity index (χ4v) is 2.06. The normalized spacial score (nSPS) is 12.4. The molecule has 0 aliphatic rings. The highest BCUT2D eigenvalue weighted by Crippen LogP contribution is 2.30.